The Balaban J connectivity index is 1.45. The third kappa shape index (κ3) is 5.37. The summed E-state index contributed by atoms with van der Waals surface area (Å²) in [6, 6.07) is 26.5. The van der Waals surface area contributed by atoms with Crippen LogP contribution in [0.25, 0.3) is 6.08 Å². The first-order chi connectivity index (χ1) is 15.1. The summed E-state index contributed by atoms with van der Waals surface area (Å²) in [5.41, 5.74) is 3.28. The number of piperazine rings is 1. The average molecular weight is 451 g/mol. The Labute approximate surface area is 193 Å². The predicted octanol–water partition coefficient (Wildman–Crippen LogP) is 5.94. The van der Waals surface area contributed by atoms with Gasteiger partial charge in [0.15, 0.2) is 0 Å². The van der Waals surface area contributed by atoms with E-state index in [2.05, 4.69) is 53.4 Å². The van der Waals surface area contributed by atoms with Gasteiger partial charge in [-0.2, -0.15) is 0 Å². The van der Waals surface area contributed by atoms with Gasteiger partial charge in [-0.05, 0) is 41.0 Å². The van der Waals surface area contributed by atoms with Crippen molar-refractivity contribution in [2.45, 2.75) is 6.04 Å². The Morgan fingerprint density at radius 1 is 0.806 bits per heavy atom. The van der Waals surface area contributed by atoms with Crippen molar-refractivity contribution in [3.05, 3.63) is 112 Å². The zero-order valence-corrected chi connectivity index (χ0v) is 18.6. The van der Waals surface area contributed by atoms with Gasteiger partial charge in [-0.15, -0.1) is 0 Å². The van der Waals surface area contributed by atoms with E-state index in [-0.39, 0.29) is 11.9 Å². The molecule has 0 atom stereocenters. The third-order valence-corrected chi connectivity index (χ3v) is 6.16. The molecule has 0 radical (unpaired) electrons. The van der Waals surface area contributed by atoms with Gasteiger partial charge < -0.3 is 4.90 Å². The molecule has 0 spiro atoms. The lowest BCUT2D eigenvalue weighted by atomic mass is 9.96. The molecule has 0 N–H and O–H groups in total. The van der Waals surface area contributed by atoms with Crippen LogP contribution < -0.4 is 0 Å². The van der Waals surface area contributed by atoms with Gasteiger partial charge in [-0.1, -0.05) is 83.9 Å². The summed E-state index contributed by atoms with van der Waals surface area (Å²) in [5.74, 6) is -0.00772. The van der Waals surface area contributed by atoms with E-state index >= 15 is 0 Å². The van der Waals surface area contributed by atoms with Crippen LogP contribution in [0.2, 0.25) is 10.0 Å². The van der Waals surface area contributed by atoms with Gasteiger partial charge in [0.25, 0.3) is 0 Å². The second-order valence-corrected chi connectivity index (χ2v) is 8.43. The molecule has 1 fully saturated rings. The topological polar surface area (TPSA) is 23.6 Å². The molecule has 0 bridgehead atoms. The summed E-state index contributed by atoms with van der Waals surface area (Å²) in [7, 11) is 0. The number of hydrogen-bond acceptors (Lipinski definition) is 2. The number of rotatable bonds is 5. The maximum atomic E-state index is 12.7. The molecular weight excluding hydrogens is 427 g/mol. The van der Waals surface area contributed by atoms with E-state index < -0.39 is 0 Å². The summed E-state index contributed by atoms with van der Waals surface area (Å²) in [6.45, 7) is 2.99. The van der Waals surface area contributed by atoms with Crippen LogP contribution in [-0.2, 0) is 4.79 Å². The van der Waals surface area contributed by atoms with Gasteiger partial charge in [0, 0.05) is 42.3 Å². The molecule has 158 valence electrons. The first-order valence-corrected chi connectivity index (χ1v) is 11.1. The van der Waals surface area contributed by atoms with Crippen LogP contribution >= 0.6 is 23.2 Å². The van der Waals surface area contributed by atoms with Crippen molar-refractivity contribution < 1.29 is 4.79 Å². The van der Waals surface area contributed by atoms with Crippen molar-refractivity contribution in [1.82, 2.24) is 9.80 Å². The number of benzene rings is 3. The highest BCUT2D eigenvalue weighted by Gasteiger charge is 2.27. The van der Waals surface area contributed by atoms with E-state index in [1.165, 1.54) is 11.1 Å². The Hall–Kier alpha value is -2.59. The molecule has 0 aliphatic carbocycles. The van der Waals surface area contributed by atoms with Crippen molar-refractivity contribution in [3.63, 3.8) is 0 Å². The minimum absolute atomic E-state index is 0.00772. The fourth-order valence-corrected chi connectivity index (χ4v) is 4.36. The highest BCUT2D eigenvalue weighted by molar-refractivity contribution is 6.34. The number of hydrogen-bond donors (Lipinski definition) is 0. The van der Waals surface area contributed by atoms with Crippen molar-refractivity contribution in [2.75, 3.05) is 26.2 Å². The number of halogens is 2. The number of amides is 1. The fraction of sp³-hybridized carbons (Fsp3) is 0.192. The number of nitrogens with zero attached hydrogens (tertiary/aromatic N) is 2. The van der Waals surface area contributed by atoms with Crippen LogP contribution in [-0.4, -0.2) is 41.9 Å². The molecule has 0 unspecified atom stereocenters. The molecule has 5 heteroatoms. The lowest BCUT2D eigenvalue weighted by Crippen LogP contribution is -2.49. The zero-order chi connectivity index (χ0) is 21.6. The second-order valence-electron chi connectivity index (χ2n) is 7.58. The highest BCUT2D eigenvalue weighted by Crippen LogP contribution is 2.29. The second kappa shape index (κ2) is 10.1. The van der Waals surface area contributed by atoms with Gasteiger partial charge in [0.1, 0.15) is 0 Å². The molecule has 1 saturated heterocycles. The monoisotopic (exact) mass is 450 g/mol. The maximum absolute atomic E-state index is 12.7. The van der Waals surface area contributed by atoms with E-state index in [0.29, 0.717) is 23.1 Å². The molecule has 0 saturated carbocycles. The Morgan fingerprint density at radius 3 is 1.97 bits per heavy atom. The summed E-state index contributed by atoms with van der Waals surface area (Å²) < 4.78 is 0. The molecule has 1 heterocycles. The van der Waals surface area contributed by atoms with Crippen LogP contribution in [0, 0.1) is 0 Å². The minimum Gasteiger partial charge on any atom is -0.337 e. The molecule has 3 aromatic rings. The fourth-order valence-electron chi connectivity index (χ4n) is 3.99. The first kappa shape index (κ1) is 21.6. The quantitative estimate of drug-likeness (QED) is 0.449. The summed E-state index contributed by atoms with van der Waals surface area (Å²) >= 11 is 12.2. The predicted molar refractivity (Wildman–Crippen MR) is 128 cm³/mol. The van der Waals surface area contributed by atoms with Crippen molar-refractivity contribution in [2.24, 2.45) is 0 Å². The lowest BCUT2D eigenvalue weighted by Gasteiger charge is -2.39. The largest absolute Gasteiger partial charge is 0.337 e. The molecule has 4 rings (SSSR count). The average Bonchev–Trinajstić information content (AvgIpc) is 2.81. The SMILES string of the molecule is O=C(C=Cc1cc(Cl)ccc1Cl)N1CCN(C(c2ccccc2)c2ccccc2)CC1. The number of carbonyl (C=O) groups excluding carboxylic acids is 1. The molecule has 3 nitrogen and oxygen atoms in total. The Morgan fingerprint density at radius 2 is 1.39 bits per heavy atom. The summed E-state index contributed by atoms with van der Waals surface area (Å²) in [6.07, 6.45) is 3.32. The van der Waals surface area contributed by atoms with Crippen LogP contribution in [0.1, 0.15) is 22.7 Å². The van der Waals surface area contributed by atoms with Crippen LogP contribution in [0.3, 0.4) is 0 Å². The van der Waals surface area contributed by atoms with Gasteiger partial charge in [-0.25, -0.2) is 0 Å². The highest BCUT2D eigenvalue weighted by atomic mass is 35.5. The lowest BCUT2D eigenvalue weighted by molar-refractivity contribution is -0.127. The van der Waals surface area contributed by atoms with Crippen LogP contribution in [0.15, 0.2) is 84.9 Å². The standard InChI is InChI=1S/C26H24Cl2N2O/c27-23-12-13-24(28)22(19-23)11-14-25(31)29-15-17-30(18-16-29)26(20-7-3-1-4-8-20)21-9-5-2-6-10-21/h1-14,19,26H,15-18H2. The van der Waals surface area contributed by atoms with Crippen LogP contribution in [0.4, 0.5) is 0 Å². The van der Waals surface area contributed by atoms with Crippen molar-refractivity contribution in [1.29, 1.82) is 0 Å². The minimum atomic E-state index is -0.00772. The van der Waals surface area contributed by atoms with Crippen molar-refractivity contribution in [3.8, 4) is 0 Å². The van der Waals surface area contributed by atoms with Gasteiger partial charge in [-0.3, -0.25) is 9.69 Å². The van der Waals surface area contributed by atoms with Crippen LogP contribution in [0.5, 0.6) is 0 Å². The van der Waals surface area contributed by atoms with E-state index in [9.17, 15) is 4.79 Å². The van der Waals surface area contributed by atoms with E-state index in [1.54, 1.807) is 30.4 Å². The molecule has 3 aromatic carbocycles. The summed E-state index contributed by atoms with van der Waals surface area (Å²) in [4.78, 5) is 17.1. The molecule has 1 aliphatic rings. The maximum Gasteiger partial charge on any atom is 0.246 e. The third-order valence-electron chi connectivity index (χ3n) is 5.59. The zero-order valence-electron chi connectivity index (χ0n) is 17.1. The van der Waals surface area contributed by atoms with E-state index in [4.69, 9.17) is 23.2 Å². The Bertz CT molecular complexity index is 1010. The van der Waals surface area contributed by atoms with Gasteiger partial charge in [0.2, 0.25) is 5.91 Å². The molecule has 0 aromatic heterocycles. The molecule has 31 heavy (non-hydrogen) atoms. The Kier molecular flexibility index (Phi) is 7.08. The summed E-state index contributed by atoms with van der Waals surface area (Å²) in [5, 5.41) is 1.17. The molecular formula is C26H24Cl2N2O. The molecule has 1 aliphatic heterocycles. The van der Waals surface area contributed by atoms with Gasteiger partial charge >= 0.3 is 0 Å². The van der Waals surface area contributed by atoms with Gasteiger partial charge in [0.05, 0.1) is 6.04 Å². The number of carbonyl (C=O) groups is 1. The first-order valence-electron chi connectivity index (χ1n) is 10.4. The normalized spacial score (nSPS) is 15.0. The van der Waals surface area contributed by atoms with E-state index in [0.717, 1.165) is 18.7 Å². The molecule has 1 amide bonds. The van der Waals surface area contributed by atoms with Crippen molar-refractivity contribution >= 4 is 35.2 Å². The van der Waals surface area contributed by atoms with E-state index in [1.807, 2.05) is 17.0 Å². The smallest absolute Gasteiger partial charge is 0.246 e.